The summed E-state index contributed by atoms with van der Waals surface area (Å²) in [6, 6.07) is 5.69. The summed E-state index contributed by atoms with van der Waals surface area (Å²) in [5.41, 5.74) is -5.51. The summed E-state index contributed by atoms with van der Waals surface area (Å²) in [5, 5.41) is 8.67. The van der Waals surface area contributed by atoms with Crippen molar-refractivity contribution in [1.29, 1.82) is 0 Å². The smallest absolute Gasteiger partial charge is 0.416 e. The molecule has 0 bridgehead atoms. The minimum absolute atomic E-state index is 0.0328. The zero-order chi connectivity index (χ0) is 23.8. The third kappa shape index (κ3) is 4.07. The van der Waals surface area contributed by atoms with Gasteiger partial charge in [0.05, 0.1) is 18.4 Å². The van der Waals surface area contributed by atoms with E-state index in [0.29, 0.717) is 17.0 Å². The number of aliphatic carboxylic acids is 1. The Hall–Kier alpha value is -3.34. The highest BCUT2D eigenvalue weighted by molar-refractivity contribution is 6.30. The number of esters is 1. The predicted molar refractivity (Wildman–Crippen MR) is 102 cm³/mol. The zero-order valence-electron chi connectivity index (χ0n) is 16.2. The Bertz CT molecular complexity index is 1110. The third-order valence-electron chi connectivity index (χ3n) is 4.71. The maximum atomic E-state index is 16.4. The van der Waals surface area contributed by atoms with Gasteiger partial charge < -0.3 is 14.6 Å². The number of methoxy groups -OCH3 is 1. The number of nitrogens with zero attached hydrogens (tertiary/aromatic N) is 1. The van der Waals surface area contributed by atoms with Crippen LogP contribution in [0, 0.1) is 0 Å². The number of hydrogen-bond donors (Lipinski definition) is 1. The molecule has 0 fully saturated rings. The first-order chi connectivity index (χ1) is 14.9. The fourth-order valence-corrected chi connectivity index (χ4v) is 3.45. The van der Waals surface area contributed by atoms with E-state index in [4.69, 9.17) is 21.4 Å². The van der Waals surface area contributed by atoms with Crippen LogP contribution in [0.3, 0.4) is 0 Å². The molecule has 0 spiro atoms. The molecule has 1 N–H and O–H groups in total. The first-order valence-corrected chi connectivity index (χ1v) is 9.21. The van der Waals surface area contributed by atoms with Crippen LogP contribution in [-0.4, -0.2) is 36.8 Å². The Balaban J connectivity index is 2.14. The molecule has 0 radical (unpaired) electrons. The molecule has 12 heteroatoms. The first-order valence-electron chi connectivity index (χ1n) is 8.83. The summed E-state index contributed by atoms with van der Waals surface area (Å²) in [5.74, 6) is -4.25. The van der Waals surface area contributed by atoms with Crippen molar-refractivity contribution >= 4 is 35.1 Å². The number of benzene rings is 2. The number of rotatable bonds is 6. The van der Waals surface area contributed by atoms with Gasteiger partial charge in [-0.05, 0) is 30.3 Å². The highest BCUT2D eigenvalue weighted by Gasteiger charge is 2.55. The van der Waals surface area contributed by atoms with Crippen LogP contribution in [0.2, 0.25) is 5.02 Å². The van der Waals surface area contributed by atoms with E-state index in [1.165, 1.54) is 19.2 Å². The number of carbonyl (C=O) groups excluding carboxylic acids is 2. The van der Waals surface area contributed by atoms with Crippen LogP contribution in [0.4, 0.5) is 23.2 Å². The lowest BCUT2D eigenvalue weighted by molar-refractivity contribution is -0.151. The second-order valence-electron chi connectivity index (χ2n) is 6.68. The van der Waals surface area contributed by atoms with Crippen molar-refractivity contribution < 1.29 is 46.5 Å². The molecule has 0 saturated heterocycles. The van der Waals surface area contributed by atoms with Gasteiger partial charge in [-0.1, -0.05) is 17.7 Å². The maximum absolute atomic E-state index is 16.4. The monoisotopic (exact) mass is 475 g/mol. The van der Waals surface area contributed by atoms with Crippen molar-refractivity contribution in [3.05, 3.63) is 58.1 Å². The quantitative estimate of drug-likeness (QED) is 0.387. The average molecular weight is 476 g/mol. The van der Waals surface area contributed by atoms with Crippen LogP contribution < -0.4 is 9.64 Å². The van der Waals surface area contributed by atoms with E-state index in [1.807, 2.05) is 0 Å². The fraction of sp³-hybridized carbons (Fsp3) is 0.250. The molecular weight excluding hydrogens is 462 g/mol. The van der Waals surface area contributed by atoms with Crippen LogP contribution in [0.5, 0.6) is 5.75 Å². The van der Waals surface area contributed by atoms with E-state index in [-0.39, 0.29) is 16.3 Å². The van der Waals surface area contributed by atoms with Crippen LogP contribution in [0.25, 0.3) is 0 Å². The van der Waals surface area contributed by atoms with Gasteiger partial charge >= 0.3 is 18.1 Å². The number of hydrogen-bond acceptors (Lipinski definition) is 5. The Morgan fingerprint density at radius 1 is 1.16 bits per heavy atom. The van der Waals surface area contributed by atoms with Crippen LogP contribution in [0.1, 0.15) is 23.1 Å². The van der Waals surface area contributed by atoms with Gasteiger partial charge in [0.25, 0.3) is 5.91 Å². The Labute approximate surface area is 183 Å². The number of fused-ring (bicyclic) bond motifs is 1. The number of ether oxygens (including phenoxy) is 2. The molecule has 0 aliphatic carbocycles. The number of carboxylic acids is 1. The summed E-state index contributed by atoms with van der Waals surface area (Å²) in [4.78, 5) is 35.8. The molecule has 1 aliphatic heterocycles. The largest absolute Gasteiger partial charge is 0.496 e. The topological polar surface area (TPSA) is 93.1 Å². The minimum Gasteiger partial charge on any atom is -0.496 e. The molecule has 1 heterocycles. The number of halogens is 5. The van der Waals surface area contributed by atoms with E-state index >= 15 is 4.39 Å². The second kappa shape index (κ2) is 8.30. The maximum Gasteiger partial charge on any atom is 0.416 e. The Morgan fingerprint density at radius 3 is 2.44 bits per heavy atom. The molecule has 2 aromatic carbocycles. The average Bonchev–Trinajstić information content (AvgIpc) is 2.92. The van der Waals surface area contributed by atoms with Crippen LogP contribution >= 0.6 is 11.6 Å². The van der Waals surface area contributed by atoms with Crippen molar-refractivity contribution in [2.24, 2.45) is 0 Å². The molecule has 1 atom stereocenters. The minimum atomic E-state index is -4.81. The van der Waals surface area contributed by atoms with Crippen molar-refractivity contribution in [3.63, 3.8) is 0 Å². The van der Waals surface area contributed by atoms with Crippen LogP contribution in [0.15, 0.2) is 36.4 Å². The van der Waals surface area contributed by atoms with E-state index in [2.05, 4.69) is 4.74 Å². The van der Waals surface area contributed by atoms with Crippen molar-refractivity contribution in [2.75, 3.05) is 18.7 Å². The molecular formula is C20H14ClF4NO6. The summed E-state index contributed by atoms with van der Waals surface area (Å²) >= 11 is 5.94. The standard InChI is InChI=1S/C20H14ClF4NO6/c1-31-15-5-3-11(21)7-13(15)19(22)12-4-2-10(20(23,24)25)6-14(12)26(18(19)30)9-32-17(29)8-16(27)28/h2-7H,8-9H2,1H3,(H,27,28). The van der Waals surface area contributed by atoms with Gasteiger partial charge in [0, 0.05) is 16.1 Å². The molecule has 32 heavy (non-hydrogen) atoms. The number of anilines is 1. The molecule has 0 saturated carbocycles. The number of carbonyl (C=O) groups is 3. The number of amides is 1. The third-order valence-corrected chi connectivity index (χ3v) is 4.94. The van der Waals surface area contributed by atoms with Crippen LogP contribution in [-0.2, 0) is 31.0 Å². The van der Waals surface area contributed by atoms with Gasteiger partial charge in [0.1, 0.15) is 12.2 Å². The van der Waals surface area contributed by atoms with Crippen molar-refractivity contribution in [2.45, 2.75) is 18.3 Å². The lowest BCUT2D eigenvalue weighted by Crippen LogP contribution is -2.40. The summed E-state index contributed by atoms with van der Waals surface area (Å²) in [7, 11) is 1.20. The number of carboxylic acid groups (broad SMARTS) is 1. The molecule has 1 aliphatic rings. The van der Waals surface area contributed by atoms with Crippen molar-refractivity contribution in [1.82, 2.24) is 0 Å². The van der Waals surface area contributed by atoms with Gasteiger partial charge in [0.2, 0.25) is 5.67 Å². The summed E-state index contributed by atoms with van der Waals surface area (Å²) in [6.45, 7) is -1.01. The zero-order valence-corrected chi connectivity index (χ0v) is 17.0. The predicted octanol–water partition coefficient (Wildman–Crippen LogP) is 3.90. The lowest BCUT2D eigenvalue weighted by Gasteiger charge is -2.23. The van der Waals surface area contributed by atoms with E-state index in [9.17, 15) is 27.6 Å². The molecule has 3 rings (SSSR count). The van der Waals surface area contributed by atoms with E-state index < -0.39 is 59.7 Å². The van der Waals surface area contributed by atoms with E-state index in [0.717, 1.165) is 12.1 Å². The fourth-order valence-electron chi connectivity index (χ4n) is 3.28. The molecule has 170 valence electrons. The van der Waals surface area contributed by atoms with Crippen molar-refractivity contribution in [3.8, 4) is 5.75 Å². The van der Waals surface area contributed by atoms with Gasteiger partial charge in [-0.25, -0.2) is 4.39 Å². The Kier molecular flexibility index (Phi) is 6.05. The normalized spacial score (nSPS) is 17.8. The molecule has 2 aromatic rings. The molecule has 1 amide bonds. The SMILES string of the molecule is COc1ccc(Cl)cc1C1(F)C(=O)N(COC(=O)CC(=O)O)c2cc(C(F)(F)F)ccc21. The highest BCUT2D eigenvalue weighted by Crippen LogP contribution is 2.51. The lowest BCUT2D eigenvalue weighted by atomic mass is 9.88. The Morgan fingerprint density at radius 2 is 1.84 bits per heavy atom. The second-order valence-corrected chi connectivity index (χ2v) is 7.12. The molecule has 0 aromatic heterocycles. The summed E-state index contributed by atoms with van der Waals surface area (Å²) in [6.07, 6.45) is -5.86. The van der Waals surface area contributed by atoms with Gasteiger partial charge in [0.15, 0.2) is 6.73 Å². The van der Waals surface area contributed by atoms with E-state index in [1.54, 1.807) is 0 Å². The van der Waals surface area contributed by atoms with Gasteiger partial charge in [-0.15, -0.1) is 0 Å². The van der Waals surface area contributed by atoms with Gasteiger partial charge in [-0.2, -0.15) is 13.2 Å². The molecule has 7 nitrogen and oxygen atoms in total. The highest BCUT2D eigenvalue weighted by atomic mass is 35.5. The van der Waals surface area contributed by atoms with Gasteiger partial charge in [-0.3, -0.25) is 19.3 Å². The first kappa shape index (κ1) is 23.3. The molecule has 1 unspecified atom stereocenters. The number of alkyl halides is 4. The summed E-state index contributed by atoms with van der Waals surface area (Å²) < 4.78 is 65.9.